The zero-order valence-electron chi connectivity index (χ0n) is 15.2. The van der Waals surface area contributed by atoms with Gasteiger partial charge in [0.2, 0.25) is 0 Å². The van der Waals surface area contributed by atoms with Gasteiger partial charge < -0.3 is 15.4 Å². The van der Waals surface area contributed by atoms with Crippen molar-refractivity contribution in [2.24, 2.45) is 5.92 Å². The van der Waals surface area contributed by atoms with Gasteiger partial charge in [-0.3, -0.25) is 14.5 Å². The van der Waals surface area contributed by atoms with Crippen LogP contribution in [0.3, 0.4) is 0 Å². The van der Waals surface area contributed by atoms with E-state index >= 15 is 0 Å². The van der Waals surface area contributed by atoms with Gasteiger partial charge in [-0.15, -0.1) is 0 Å². The molecular weight excluding hydrogens is 318 g/mol. The number of morpholine rings is 1. The van der Waals surface area contributed by atoms with Gasteiger partial charge in [-0.05, 0) is 17.9 Å². The fourth-order valence-corrected chi connectivity index (χ4v) is 2.74. The average molecular weight is 347 g/mol. The third kappa shape index (κ3) is 6.84. The second-order valence-corrected chi connectivity index (χ2v) is 6.78. The molecule has 1 heterocycles. The van der Waals surface area contributed by atoms with Crippen LogP contribution in [0.25, 0.3) is 0 Å². The normalized spacial score (nSPS) is 18.1. The molecular formula is C19H29N3O3. The zero-order chi connectivity index (χ0) is 18.1. The first-order valence-corrected chi connectivity index (χ1v) is 9.01. The molecule has 0 bridgehead atoms. The highest BCUT2D eigenvalue weighted by Gasteiger charge is 2.21. The van der Waals surface area contributed by atoms with Crippen LogP contribution in [0.15, 0.2) is 30.3 Å². The summed E-state index contributed by atoms with van der Waals surface area (Å²) in [5.74, 6) is -0.773. The maximum absolute atomic E-state index is 11.7. The Kier molecular flexibility index (Phi) is 7.88. The van der Waals surface area contributed by atoms with Crippen LogP contribution in [0.2, 0.25) is 0 Å². The number of nitrogens with zero attached hydrogens (tertiary/aromatic N) is 1. The number of carbonyl (C=O) groups is 2. The Morgan fingerprint density at radius 3 is 2.64 bits per heavy atom. The Labute approximate surface area is 149 Å². The van der Waals surface area contributed by atoms with E-state index in [2.05, 4.69) is 27.7 Å². The van der Waals surface area contributed by atoms with E-state index in [1.54, 1.807) is 0 Å². The molecule has 1 aromatic carbocycles. The van der Waals surface area contributed by atoms with E-state index in [-0.39, 0.29) is 6.10 Å². The minimum atomic E-state index is -0.552. The lowest BCUT2D eigenvalue weighted by Crippen LogP contribution is -2.43. The smallest absolute Gasteiger partial charge is 0.309 e. The maximum Gasteiger partial charge on any atom is 0.309 e. The molecule has 1 saturated heterocycles. The van der Waals surface area contributed by atoms with Crippen LogP contribution in [0, 0.1) is 5.92 Å². The molecule has 1 aliphatic heterocycles. The summed E-state index contributed by atoms with van der Waals surface area (Å²) >= 11 is 0. The van der Waals surface area contributed by atoms with Crippen LogP contribution in [0.1, 0.15) is 31.9 Å². The van der Waals surface area contributed by atoms with Crippen molar-refractivity contribution in [3.8, 4) is 0 Å². The maximum atomic E-state index is 11.7. The predicted molar refractivity (Wildman–Crippen MR) is 97.0 cm³/mol. The van der Waals surface area contributed by atoms with E-state index in [0.29, 0.717) is 25.6 Å². The fraction of sp³-hybridized carbons (Fsp3) is 0.579. The van der Waals surface area contributed by atoms with Crippen LogP contribution in [-0.2, 0) is 14.3 Å². The highest BCUT2D eigenvalue weighted by atomic mass is 16.5. The summed E-state index contributed by atoms with van der Waals surface area (Å²) in [6.45, 7) is 8.33. The minimum Gasteiger partial charge on any atom is -0.371 e. The van der Waals surface area contributed by atoms with Gasteiger partial charge >= 0.3 is 11.8 Å². The first-order valence-electron chi connectivity index (χ1n) is 9.01. The fourth-order valence-electron chi connectivity index (χ4n) is 2.74. The summed E-state index contributed by atoms with van der Waals surface area (Å²) in [5.41, 5.74) is 1.20. The standard InChI is InChI=1S/C19H29N3O3/c1-15(2)13-21-19(24)18(23)20-9-6-10-22-11-12-25-17(14-22)16-7-4-3-5-8-16/h3-5,7-8,15,17H,6,9-14H2,1-2H3,(H,20,23)(H,21,24)/t17-/m1/s1. The Morgan fingerprint density at radius 2 is 1.92 bits per heavy atom. The molecule has 1 atom stereocenters. The second-order valence-electron chi connectivity index (χ2n) is 6.78. The van der Waals surface area contributed by atoms with Crippen molar-refractivity contribution < 1.29 is 14.3 Å². The third-order valence-corrected chi connectivity index (χ3v) is 4.14. The largest absolute Gasteiger partial charge is 0.371 e. The molecule has 1 aliphatic rings. The van der Waals surface area contributed by atoms with Crippen molar-refractivity contribution in [2.45, 2.75) is 26.4 Å². The summed E-state index contributed by atoms with van der Waals surface area (Å²) in [4.78, 5) is 25.6. The quantitative estimate of drug-likeness (QED) is 0.577. The molecule has 2 amide bonds. The highest BCUT2D eigenvalue weighted by Crippen LogP contribution is 2.21. The van der Waals surface area contributed by atoms with E-state index in [1.807, 2.05) is 32.0 Å². The van der Waals surface area contributed by atoms with Gasteiger partial charge in [-0.25, -0.2) is 0 Å². The molecule has 138 valence electrons. The molecule has 25 heavy (non-hydrogen) atoms. The van der Waals surface area contributed by atoms with Crippen molar-refractivity contribution in [2.75, 3.05) is 39.3 Å². The molecule has 2 N–H and O–H groups in total. The van der Waals surface area contributed by atoms with Crippen molar-refractivity contribution >= 4 is 11.8 Å². The van der Waals surface area contributed by atoms with Crippen LogP contribution in [0.4, 0.5) is 0 Å². The topological polar surface area (TPSA) is 70.7 Å². The van der Waals surface area contributed by atoms with E-state index < -0.39 is 11.8 Å². The van der Waals surface area contributed by atoms with Gasteiger partial charge in [0, 0.05) is 32.7 Å². The lowest BCUT2D eigenvalue weighted by Gasteiger charge is -2.33. The molecule has 1 aromatic rings. The lowest BCUT2D eigenvalue weighted by atomic mass is 10.1. The number of amides is 2. The predicted octanol–water partition coefficient (Wildman–Crippen LogP) is 1.34. The first-order chi connectivity index (χ1) is 12.1. The Morgan fingerprint density at radius 1 is 1.20 bits per heavy atom. The summed E-state index contributed by atoms with van der Waals surface area (Å²) in [5, 5.41) is 5.30. The van der Waals surface area contributed by atoms with Gasteiger partial charge in [0.25, 0.3) is 0 Å². The molecule has 6 heteroatoms. The van der Waals surface area contributed by atoms with Crippen LogP contribution in [-0.4, -0.2) is 56.0 Å². The van der Waals surface area contributed by atoms with Gasteiger partial charge in [0.15, 0.2) is 0 Å². The van der Waals surface area contributed by atoms with Gasteiger partial charge in [-0.1, -0.05) is 44.2 Å². The number of carbonyl (C=O) groups excluding carboxylic acids is 2. The molecule has 1 fully saturated rings. The molecule has 0 unspecified atom stereocenters. The molecule has 0 radical (unpaired) electrons. The third-order valence-electron chi connectivity index (χ3n) is 4.14. The van der Waals surface area contributed by atoms with E-state index in [4.69, 9.17) is 4.74 Å². The second kappa shape index (κ2) is 10.2. The summed E-state index contributed by atoms with van der Waals surface area (Å²) < 4.78 is 5.85. The van der Waals surface area contributed by atoms with E-state index in [9.17, 15) is 9.59 Å². The zero-order valence-corrected chi connectivity index (χ0v) is 15.2. The molecule has 0 spiro atoms. The number of hydrogen-bond acceptors (Lipinski definition) is 4. The molecule has 0 saturated carbocycles. The monoisotopic (exact) mass is 347 g/mol. The number of hydrogen-bond donors (Lipinski definition) is 2. The van der Waals surface area contributed by atoms with Gasteiger partial charge in [0.05, 0.1) is 12.7 Å². The average Bonchev–Trinajstić information content (AvgIpc) is 2.64. The number of rotatable bonds is 7. The molecule has 0 aromatic heterocycles. The minimum absolute atomic E-state index is 0.103. The van der Waals surface area contributed by atoms with Crippen LogP contribution in [0.5, 0.6) is 0 Å². The molecule has 6 nitrogen and oxygen atoms in total. The van der Waals surface area contributed by atoms with Gasteiger partial charge in [-0.2, -0.15) is 0 Å². The summed E-state index contributed by atoms with van der Waals surface area (Å²) in [6.07, 6.45) is 0.913. The Bertz CT molecular complexity index is 548. The van der Waals surface area contributed by atoms with E-state index in [1.165, 1.54) is 5.56 Å². The Hall–Kier alpha value is -1.92. The van der Waals surface area contributed by atoms with Gasteiger partial charge in [0.1, 0.15) is 0 Å². The molecule has 2 rings (SSSR count). The molecule has 0 aliphatic carbocycles. The lowest BCUT2D eigenvalue weighted by molar-refractivity contribution is -0.139. The highest BCUT2D eigenvalue weighted by molar-refractivity contribution is 6.35. The van der Waals surface area contributed by atoms with Crippen molar-refractivity contribution in [1.82, 2.24) is 15.5 Å². The number of ether oxygens (including phenoxy) is 1. The number of nitrogens with one attached hydrogen (secondary N) is 2. The Balaban J connectivity index is 1.64. The van der Waals surface area contributed by atoms with Crippen molar-refractivity contribution in [3.05, 3.63) is 35.9 Å². The summed E-state index contributed by atoms with van der Waals surface area (Å²) in [6, 6.07) is 10.2. The summed E-state index contributed by atoms with van der Waals surface area (Å²) in [7, 11) is 0. The first kappa shape index (κ1) is 19.4. The van der Waals surface area contributed by atoms with Crippen LogP contribution < -0.4 is 10.6 Å². The van der Waals surface area contributed by atoms with Crippen LogP contribution >= 0.6 is 0 Å². The SMILES string of the molecule is CC(C)CNC(=O)C(=O)NCCCN1CCO[C@@H](c2ccccc2)C1. The number of benzene rings is 1. The van der Waals surface area contributed by atoms with E-state index in [0.717, 1.165) is 26.1 Å². The van der Waals surface area contributed by atoms with Crippen molar-refractivity contribution in [3.63, 3.8) is 0 Å². The van der Waals surface area contributed by atoms with Crippen molar-refractivity contribution in [1.29, 1.82) is 0 Å².